The van der Waals surface area contributed by atoms with Gasteiger partial charge in [-0.1, -0.05) is 23.8 Å². The maximum absolute atomic E-state index is 5.57. The molecule has 0 spiro atoms. The van der Waals surface area contributed by atoms with Crippen LogP contribution < -0.4 is 5.73 Å². The minimum Gasteiger partial charge on any atom is -0.330 e. The summed E-state index contributed by atoms with van der Waals surface area (Å²) in [5.41, 5.74) is 10.3. The Morgan fingerprint density at radius 3 is 2.76 bits per heavy atom. The third-order valence-corrected chi connectivity index (χ3v) is 2.84. The molecule has 0 radical (unpaired) electrons. The van der Waals surface area contributed by atoms with E-state index in [0.29, 0.717) is 6.54 Å². The summed E-state index contributed by atoms with van der Waals surface area (Å²) < 4.78 is 2.04. The molecule has 0 saturated heterocycles. The molecule has 1 aromatic carbocycles. The predicted molar refractivity (Wildman–Crippen MR) is 70.8 cm³/mol. The number of benzene rings is 1. The lowest BCUT2D eigenvalue weighted by molar-refractivity contribution is 0.652. The van der Waals surface area contributed by atoms with Gasteiger partial charge < -0.3 is 5.73 Å². The van der Waals surface area contributed by atoms with Crippen LogP contribution in [0.2, 0.25) is 0 Å². The van der Waals surface area contributed by atoms with E-state index in [9.17, 15) is 0 Å². The first-order valence-electron chi connectivity index (χ1n) is 6.08. The minimum absolute atomic E-state index is 0.647. The largest absolute Gasteiger partial charge is 0.330 e. The second kappa shape index (κ2) is 5.15. The van der Waals surface area contributed by atoms with E-state index >= 15 is 0 Å². The summed E-state index contributed by atoms with van der Waals surface area (Å²) in [7, 11) is 0. The van der Waals surface area contributed by atoms with Crippen molar-refractivity contribution in [1.82, 2.24) is 9.78 Å². The zero-order valence-corrected chi connectivity index (χ0v) is 10.5. The van der Waals surface area contributed by atoms with Gasteiger partial charge in [-0.2, -0.15) is 5.10 Å². The fourth-order valence-corrected chi connectivity index (χ4v) is 2.02. The van der Waals surface area contributed by atoms with Crippen molar-refractivity contribution >= 4 is 0 Å². The van der Waals surface area contributed by atoms with E-state index in [1.807, 2.05) is 4.68 Å². The summed E-state index contributed by atoms with van der Waals surface area (Å²) in [5, 5.41) is 4.56. The van der Waals surface area contributed by atoms with Gasteiger partial charge in [0.25, 0.3) is 0 Å². The monoisotopic (exact) mass is 229 g/mol. The van der Waals surface area contributed by atoms with Gasteiger partial charge in [0, 0.05) is 18.5 Å². The van der Waals surface area contributed by atoms with Gasteiger partial charge in [-0.3, -0.25) is 4.68 Å². The smallest absolute Gasteiger partial charge is 0.0685 e. The van der Waals surface area contributed by atoms with Crippen LogP contribution in [0.3, 0.4) is 0 Å². The van der Waals surface area contributed by atoms with E-state index in [1.165, 1.54) is 16.8 Å². The fourth-order valence-electron chi connectivity index (χ4n) is 2.02. The van der Waals surface area contributed by atoms with Gasteiger partial charge in [-0.05, 0) is 32.5 Å². The van der Waals surface area contributed by atoms with Crippen molar-refractivity contribution in [2.24, 2.45) is 5.73 Å². The molecule has 0 unspecified atom stereocenters. The predicted octanol–water partition coefficient (Wildman–Crippen LogP) is 2.38. The normalized spacial score (nSPS) is 10.8. The van der Waals surface area contributed by atoms with E-state index in [2.05, 4.69) is 49.3 Å². The van der Waals surface area contributed by atoms with E-state index in [4.69, 9.17) is 5.73 Å². The van der Waals surface area contributed by atoms with Crippen LogP contribution in [0.15, 0.2) is 30.3 Å². The molecule has 0 fully saturated rings. The Hall–Kier alpha value is -1.61. The molecule has 1 heterocycles. The highest BCUT2D eigenvalue weighted by Gasteiger charge is 2.08. The summed E-state index contributed by atoms with van der Waals surface area (Å²) in [5.74, 6) is 0. The molecule has 2 aromatic rings. The standard InChI is InChI=1S/C14H19N3/c1-3-17-14(10-13(16-17)7-8-15)12-6-4-5-11(2)9-12/h4-6,9-10H,3,7-8,15H2,1-2H3. The molecule has 0 saturated carbocycles. The summed E-state index contributed by atoms with van der Waals surface area (Å²) in [4.78, 5) is 0. The van der Waals surface area contributed by atoms with Crippen molar-refractivity contribution in [1.29, 1.82) is 0 Å². The average Bonchev–Trinajstić information content (AvgIpc) is 2.73. The molecule has 0 aliphatic carbocycles. The maximum Gasteiger partial charge on any atom is 0.0685 e. The number of nitrogens with zero attached hydrogens (tertiary/aromatic N) is 2. The number of rotatable bonds is 4. The second-order valence-corrected chi connectivity index (χ2v) is 4.24. The quantitative estimate of drug-likeness (QED) is 0.874. The topological polar surface area (TPSA) is 43.8 Å². The van der Waals surface area contributed by atoms with Crippen LogP contribution >= 0.6 is 0 Å². The summed E-state index contributed by atoms with van der Waals surface area (Å²) in [6, 6.07) is 10.7. The Balaban J connectivity index is 2.43. The Kier molecular flexibility index (Phi) is 3.59. The van der Waals surface area contributed by atoms with Gasteiger partial charge in [0.1, 0.15) is 0 Å². The average molecular weight is 229 g/mol. The molecule has 3 heteroatoms. The van der Waals surface area contributed by atoms with Gasteiger partial charge in [-0.25, -0.2) is 0 Å². The summed E-state index contributed by atoms with van der Waals surface area (Å²) in [6.45, 7) is 5.75. The maximum atomic E-state index is 5.57. The molecule has 0 amide bonds. The van der Waals surface area contributed by atoms with Gasteiger partial charge in [0.05, 0.1) is 11.4 Å². The second-order valence-electron chi connectivity index (χ2n) is 4.24. The van der Waals surface area contributed by atoms with Crippen molar-refractivity contribution in [3.63, 3.8) is 0 Å². The Labute approximate surface area is 102 Å². The van der Waals surface area contributed by atoms with E-state index in [0.717, 1.165) is 18.7 Å². The van der Waals surface area contributed by atoms with Crippen LogP contribution in [-0.4, -0.2) is 16.3 Å². The fraction of sp³-hybridized carbons (Fsp3) is 0.357. The highest BCUT2D eigenvalue weighted by Crippen LogP contribution is 2.21. The van der Waals surface area contributed by atoms with E-state index in [-0.39, 0.29) is 0 Å². The van der Waals surface area contributed by atoms with Crippen molar-refractivity contribution in [2.45, 2.75) is 26.8 Å². The first-order valence-corrected chi connectivity index (χ1v) is 6.08. The van der Waals surface area contributed by atoms with Crippen molar-refractivity contribution < 1.29 is 0 Å². The van der Waals surface area contributed by atoms with Crippen LogP contribution in [-0.2, 0) is 13.0 Å². The van der Waals surface area contributed by atoms with E-state index in [1.54, 1.807) is 0 Å². The zero-order chi connectivity index (χ0) is 12.3. The SMILES string of the molecule is CCn1nc(CCN)cc1-c1cccc(C)c1. The van der Waals surface area contributed by atoms with Gasteiger partial charge >= 0.3 is 0 Å². The molecular formula is C14H19N3. The third-order valence-electron chi connectivity index (χ3n) is 2.84. The third kappa shape index (κ3) is 2.56. The molecule has 0 atom stereocenters. The van der Waals surface area contributed by atoms with Gasteiger partial charge in [-0.15, -0.1) is 0 Å². The van der Waals surface area contributed by atoms with Crippen molar-refractivity contribution in [3.8, 4) is 11.3 Å². The van der Waals surface area contributed by atoms with Crippen LogP contribution in [0.5, 0.6) is 0 Å². The van der Waals surface area contributed by atoms with Gasteiger partial charge in [0.2, 0.25) is 0 Å². The Bertz CT molecular complexity index is 500. The molecule has 0 aliphatic heterocycles. The Morgan fingerprint density at radius 1 is 1.29 bits per heavy atom. The lowest BCUT2D eigenvalue weighted by atomic mass is 10.1. The number of aromatic nitrogens is 2. The molecule has 3 nitrogen and oxygen atoms in total. The molecule has 0 bridgehead atoms. The molecular weight excluding hydrogens is 210 g/mol. The van der Waals surface area contributed by atoms with Crippen LogP contribution in [0, 0.1) is 6.92 Å². The van der Waals surface area contributed by atoms with Crippen molar-refractivity contribution in [2.75, 3.05) is 6.54 Å². The highest BCUT2D eigenvalue weighted by atomic mass is 15.3. The molecule has 2 rings (SSSR count). The molecule has 1 aromatic heterocycles. The van der Waals surface area contributed by atoms with E-state index < -0.39 is 0 Å². The summed E-state index contributed by atoms with van der Waals surface area (Å²) in [6.07, 6.45) is 0.839. The van der Waals surface area contributed by atoms with Crippen LogP contribution in [0.4, 0.5) is 0 Å². The molecule has 17 heavy (non-hydrogen) atoms. The number of nitrogens with two attached hydrogens (primary N) is 1. The minimum atomic E-state index is 0.647. The first-order chi connectivity index (χ1) is 8.24. The number of aryl methyl sites for hydroxylation is 2. The first kappa shape index (κ1) is 11.9. The number of hydrogen-bond donors (Lipinski definition) is 1. The van der Waals surface area contributed by atoms with Crippen LogP contribution in [0.25, 0.3) is 11.3 Å². The van der Waals surface area contributed by atoms with Crippen molar-refractivity contribution in [3.05, 3.63) is 41.6 Å². The molecule has 0 aliphatic rings. The van der Waals surface area contributed by atoms with Gasteiger partial charge in [0.15, 0.2) is 0 Å². The van der Waals surface area contributed by atoms with Crippen LogP contribution in [0.1, 0.15) is 18.2 Å². The molecule has 2 N–H and O–H groups in total. The summed E-state index contributed by atoms with van der Waals surface area (Å²) >= 11 is 0. The Morgan fingerprint density at radius 2 is 2.12 bits per heavy atom. The number of hydrogen-bond acceptors (Lipinski definition) is 2. The zero-order valence-electron chi connectivity index (χ0n) is 10.5. The lowest BCUT2D eigenvalue weighted by Gasteiger charge is -2.05. The lowest BCUT2D eigenvalue weighted by Crippen LogP contribution is -2.04. The highest BCUT2D eigenvalue weighted by molar-refractivity contribution is 5.61. The molecule has 90 valence electrons.